The molecule has 1 fully saturated rings. The molecule has 10 heteroatoms. The third-order valence-electron chi connectivity index (χ3n) is 5.60. The van der Waals surface area contributed by atoms with Gasteiger partial charge in [-0.3, -0.25) is 9.59 Å². The molecule has 176 valence electrons. The lowest BCUT2D eigenvalue weighted by Gasteiger charge is -2.13. The van der Waals surface area contributed by atoms with Crippen molar-refractivity contribution in [1.82, 2.24) is 0 Å². The largest absolute Gasteiger partial charge is 0.326 e. The van der Waals surface area contributed by atoms with Crippen LogP contribution in [-0.2, 0) is 4.79 Å². The van der Waals surface area contributed by atoms with Crippen molar-refractivity contribution in [2.75, 3.05) is 10.6 Å². The van der Waals surface area contributed by atoms with Crippen LogP contribution in [0, 0.1) is 24.5 Å². The van der Waals surface area contributed by atoms with Gasteiger partial charge in [0.1, 0.15) is 16.0 Å². The molecule has 4 nitrogen and oxygen atoms in total. The quantitative estimate of drug-likeness (QED) is 0.330. The zero-order chi connectivity index (χ0) is 24.8. The van der Waals surface area contributed by atoms with Crippen LogP contribution >= 0.6 is 46.4 Å². The summed E-state index contributed by atoms with van der Waals surface area (Å²) in [6.07, 6.45) is 0. The Hall–Kier alpha value is -2.38. The molecule has 0 bridgehead atoms. The second-order valence-electron chi connectivity index (χ2n) is 7.88. The molecule has 0 heterocycles. The van der Waals surface area contributed by atoms with Gasteiger partial charge in [0.15, 0.2) is 0 Å². The standard InChI is InChI=1S/C24H16Cl4F2N2O2/c1-11-16(22(33)31-14-5-3-13(29)4-6-14)9-15(10-17(11)25)32-23(34)21-20(24(21,27)28)12-2-7-19(30)18(26)8-12/h2-10,20-21H,1H3,(H,31,33)(H,32,34)/t20-,21+/m0/s1. The molecule has 3 aromatic rings. The zero-order valence-corrected chi connectivity index (χ0v) is 20.5. The minimum Gasteiger partial charge on any atom is -0.326 e. The van der Waals surface area contributed by atoms with E-state index < -0.39 is 39.6 Å². The molecule has 1 aliphatic rings. The van der Waals surface area contributed by atoms with E-state index >= 15 is 0 Å². The van der Waals surface area contributed by atoms with Crippen LogP contribution in [-0.4, -0.2) is 16.1 Å². The summed E-state index contributed by atoms with van der Waals surface area (Å²) >= 11 is 24.8. The van der Waals surface area contributed by atoms with Gasteiger partial charge >= 0.3 is 0 Å². The first-order valence-corrected chi connectivity index (χ1v) is 11.5. The van der Waals surface area contributed by atoms with Crippen LogP contribution in [0.4, 0.5) is 20.2 Å². The van der Waals surface area contributed by atoms with E-state index in [-0.39, 0.29) is 21.3 Å². The summed E-state index contributed by atoms with van der Waals surface area (Å²) in [7, 11) is 0. The molecule has 3 aromatic carbocycles. The van der Waals surface area contributed by atoms with Crippen LogP contribution in [0.15, 0.2) is 54.6 Å². The van der Waals surface area contributed by atoms with Crippen LogP contribution in [0.1, 0.15) is 27.4 Å². The Morgan fingerprint density at radius 2 is 1.56 bits per heavy atom. The second-order valence-corrected chi connectivity index (χ2v) is 10.1. The van der Waals surface area contributed by atoms with Crippen molar-refractivity contribution >= 4 is 69.6 Å². The van der Waals surface area contributed by atoms with Crippen molar-refractivity contribution < 1.29 is 18.4 Å². The summed E-state index contributed by atoms with van der Waals surface area (Å²) in [5, 5.41) is 5.50. The van der Waals surface area contributed by atoms with Gasteiger partial charge in [0.25, 0.3) is 5.91 Å². The van der Waals surface area contributed by atoms with Gasteiger partial charge in [0.05, 0.1) is 10.9 Å². The Bertz CT molecular complexity index is 1300. The average molecular weight is 544 g/mol. The Labute approximate surface area is 214 Å². The number of carbonyl (C=O) groups excluding carboxylic acids is 2. The highest BCUT2D eigenvalue weighted by Crippen LogP contribution is 2.65. The lowest BCUT2D eigenvalue weighted by Crippen LogP contribution is -2.19. The van der Waals surface area contributed by atoms with Crippen molar-refractivity contribution in [2.45, 2.75) is 17.2 Å². The van der Waals surface area contributed by atoms with Gasteiger partial charge in [-0.1, -0.05) is 29.3 Å². The van der Waals surface area contributed by atoms with Gasteiger partial charge in [-0.2, -0.15) is 0 Å². The van der Waals surface area contributed by atoms with Gasteiger partial charge in [0, 0.05) is 27.9 Å². The number of hydrogen-bond donors (Lipinski definition) is 2. The molecular weight excluding hydrogens is 528 g/mol. The fraction of sp³-hybridized carbons (Fsp3) is 0.167. The van der Waals surface area contributed by atoms with E-state index in [1.54, 1.807) is 6.92 Å². The SMILES string of the molecule is Cc1c(Cl)cc(NC(=O)[C@H]2[C@H](c3ccc(F)c(Cl)c3)C2(Cl)Cl)cc1C(=O)Nc1ccc(F)cc1. The van der Waals surface area contributed by atoms with E-state index in [0.717, 1.165) is 0 Å². The molecule has 0 saturated heterocycles. The molecule has 1 aliphatic carbocycles. The topological polar surface area (TPSA) is 58.2 Å². The lowest BCUT2D eigenvalue weighted by molar-refractivity contribution is -0.117. The summed E-state index contributed by atoms with van der Waals surface area (Å²) in [6.45, 7) is 1.66. The van der Waals surface area contributed by atoms with Crippen molar-refractivity contribution in [3.63, 3.8) is 0 Å². The Morgan fingerprint density at radius 1 is 0.882 bits per heavy atom. The minimum absolute atomic E-state index is 0.102. The molecule has 0 aromatic heterocycles. The molecule has 2 atom stereocenters. The maximum Gasteiger partial charge on any atom is 0.256 e. The van der Waals surface area contributed by atoms with Gasteiger partial charge < -0.3 is 10.6 Å². The van der Waals surface area contributed by atoms with Gasteiger partial charge in [0.2, 0.25) is 5.91 Å². The zero-order valence-electron chi connectivity index (χ0n) is 17.4. The average Bonchev–Trinajstić information content (AvgIpc) is 3.36. The molecular formula is C24H16Cl4F2N2O2. The van der Waals surface area contributed by atoms with E-state index in [0.29, 0.717) is 16.8 Å². The van der Waals surface area contributed by atoms with E-state index in [1.165, 1.54) is 54.6 Å². The van der Waals surface area contributed by atoms with Crippen molar-refractivity contribution in [2.24, 2.45) is 5.92 Å². The number of nitrogens with one attached hydrogen (secondary N) is 2. The molecule has 0 radical (unpaired) electrons. The number of anilines is 2. The monoisotopic (exact) mass is 542 g/mol. The number of amides is 2. The molecule has 0 spiro atoms. The van der Waals surface area contributed by atoms with Crippen molar-refractivity contribution in [3.05, 3.63) is 93.0 Å². The second kappa shape index (κ2) is 9.34. The van der Waals surface area contributed by atoms with Crippen LogP contribution in [0.5, 0.6) is 0 Å². The summed E-state index contributed by atoms with van der Waals surface area (Å²) in [5.41, 5.74) is 1.89. The van der Waals surface area contributed by atoms with E-state index in [1.807, 2.05) is 0 Å². The molecule has 2 N–H and O–H groups in total. The lowest BCUT2D eigenvalue weighted by atomic mass is 10.1. The number of rotatable bonds is 5. The Kier molecular flexibility index (Phi) is 6.80. The molecule has 0 aliphatic heterocycles. The summed E-state index contributed by atoms with van der Waals surface area (Å²) in [6, 6.07) is 12.3. The number of benzene rings is 3. The van der Waals surface area contributed by atoms with Gasteiger partial charge in [-0.15, -0.1) is 23.2 Å². The van der Waals surface area contributed by atoms with E-state index in [4.69, 9.17) is 46.4 Å². The molecule has 2 amide bonds. The van der Waals surface area contributed by atoms with Crippen LogP contribution in [0.2, 0.25) is 10.0 Å². The first kappa shape index (κ1) is 24.7. The van der Waals surface area contributed by atoms with Crippen LogP contribution < -0.4 is 10.6 Å². The highest BCUT2D eigenvalue weighted by atomic mass is 35.5. The maximum atomic E-state index is 13.5. The Balaban J connectivity index is 1.54. The third kappa shape index (κ3) is 4.86. The van der Waals surface area contributed by atoms with E-state index in [9.17, 15) is 18.4 Å². The number of alkyl halides is 2. The predicted octanol–water partition coefficient (Wildman–Crippen LogP) is 7.36. The summed E-state index contributed by atoms with van der Waals surface area (Å²) < 4.78 is 25.2. The maximum absolute atomic E-state index is 13.5. The fourth-order valence-electron chi connectivity index (χ4n) is 3.71. The molecule has 0 unspecified atom stereocenters. The molecule has 4 rings (SSSR count). The molecule has 34 heavy (non-hydrogen) atoms. The number of halogens is 6. The minimum atomic E-state index is -1.41. The highest BCUT2D eigenvalue weighted by molar-refractivity contribution is 6.53. The van der Waals surface area contributed by atoms with Crippen LogP contribution in [0.25, 0.3) is 0 Å². The molecule has 1 saturated carbocycles. The normalized spacial score (nSPS) is 18.3. The van der Waals surface area contributed by atoms with E-state index in [2.05, 4.69) is 10.6 Å². The summed E-state index contributed by atoms with van der Waals surface area (Å²) in [5.74, 6) is -3.46. The smallest absolute Gasteiger partial charge is 0.256 e. The van der Waals surface area contributed by atoms with Gasteiger partial charge in [-0.25, -0.2) is 8.78 Å². The van der Waals surface area contributed by atoms with Crippen LogP contribution in [0.3, 0.4) is 0 Å². The highest BCUT2D eigenvalue weighted by Gasteiger charge is 2.67. The third-order valence-corrected chi connectivity index (χ3v) is 7.22. The first-order valence-electron chi connectivity index (χ1n) is 9.99. The number of hydrogen-bond acceptors (Lipinski definition) is 2. The van der Waals surface area contributed by atoms with Crippen molar-refractivity contribution in [3.8, 4) is 0 Å². The summed E-state index contributed by atoms with van der Waals surface area (Å²) in [4.78, 5) is 25.8. The van der Waals surface area contributed by atoms with Gasteiger partial charge in [-0.05, 0) is 66.6 Å². The Morgan fingerprint density at radius 3 is 2.21 bits per heavy atom. The number of carbonyl (C=O) groups is 2. The first-order chi connectivity index (χ1) is 16.0. The van der Waals surface area contributed by atoms with Crippen molar-refractivity contribution in [1.29, 1.82) is 0 Å². The fourth-order valence-corrected chi connectivity index (χ4v) is 4.95. The predicted molar refractivity (Wildman–Crippen MR) is 131 cm³/mol.